The first kappa shape index (κ1) is 30.9. The van der Waals surface area contributed by atoms with Crippen LogP contribution in [0.5, 0.6) is 0 Å². The van der Waals surface area contributed by atoms with E-state index < -0.39 is 0 Å². The summed E-state index contributed by atoms with van der Waals surface area (Å²) >= 11 is 0. The minimum absolute atomic E-state index is 0.525. The summed E-state index contributed by atoms with van der Waals surface area (Å²) in [6.07, 6.45) is 15.2. The van der Waals surface area contributed by atoms with E-state index in [0.717, 1.165) is 90.1 Å². The minimum Gasteiger partial charge on any atom is -0.456 e. The van der Waals surface area contributed by atoms with E-state index in [1.165, 1.54) is 10.8 Å². The molecule has 1 aliphatic rings. The highest BCUT2D eigenvalue weighted by Gasteiger charge is 2.20. The third-order valence-corrected chi connectivity index (χ3v) is 10.2. The van der Waals surface area contributed by atoms with Crippen LogP contribution in [0, 0.1) is 0 Å². The molecule has 0 bridgehead atoms. The Bertz CT molecular complexity index is 3010. The fourth-order valence-electron chi connectivity index (χ4n) is 7.60. The van der Waals surface area contributed by atoms with Gasteiger partial charge >= 0.3 is 0 Å². The van der Waals surface area contributed by atoms with Crippen LogP contribution in [0.2, 0.25) is 0 Å². The van der Waals surface area contributed by atoms with Crippen LogP contribution in [0.25, 0.3) is 94.9 Å². The normalized spacial score (nSPS) is 13.2. The van der Waals surface area contributed by atoms with Crippen molar-refractivity contribution in [1.29, 1.82) is 0 Å². The summed E-state index contributed by atoms with van der Waals surface area (Å²) in [5.74, 6) is 1.97. The van der Waals surface area contributed by atoms with E-state index in [9.17, 15) is 0 Å². The van der Waals surface area contributed by atoms with Gasteiger partial charge in [0.15, 0.2) is 11.6 Å². The smallest absolute Gasteiger partial charge is 0.164 e. The van der Waals surface area contributed by atoms with Crippen molar-refractivity contribution in [3.8, 4) is 22.5 Å². The predicted molar refractivity (Wildman–Crippen MR) is 218 cm³/mol. The van der Waals surface area contributed by atoms with Gasteiger partial charge in [0.2, 0.25) is 0 Å². The van der Waals surface area contributed by atoms with E-state index >= 15 is 0 Å². The summed E-state index contributed by atoms with van der Waals surface area (Å²) in [5.41, 5.74) is 9.43. The molecule has 3 aromatic heterocycles. The van der Waals surface area contributed by atoms with Crippen LogP contribution in [0.1, 0.15) is 35.6 Å². The number of benzene rings is 6. The maximum Gasteiger partial charge on any atom is 0.164 e. The molecule has 1 aliphatic carbocycles. The van der Waals surface area contributed by atoms with Gasteiger partial charge in [-0.05, 0) is 82.3 Å². The lowest BCUT2D eigenvalue weighted by atomic mass is 9.97. The molecule has 0 radical (unpaired) electrons. The molecule has 0 N–H and O–H groups in total. The number of fused-ring (bicyclic) bond motifs is 7. The second kappa shape index (κ2) is 12.7. The Morgan fingerprint density at radius 1 is 0.623 bits per heavy atom. The lowest BCUT2D eigenvalue weighted by molar-refractivity contribution is 0.668. The average molecular weight is 684 g/mol. The minimum atomic E-state index is 0.525. The molecule has 0 atom stereocenters. The molecule has 6 aromatic carbocycles. The number of hydrogen-bond donors (Lipinski definition) is 0. The molecule has 0 saturated carbocycles. The molecule has 9 aromatic rings. The van der Waals surface area contributed by atoms with Crippen molar-refractivity contribution in [3.63, 3.8) is 0 Å². The largest absolute Gasteiger partial charge is 0.456 e. The molecule has 252 valence electrons. The van der Waals surface area contributed by atoms with Crippen LogP contribution in [0.4, 0.5) is 0 Å². The molecule has 5 heteroatoms. The number of allylic oxidation sites excluding steroid dienone is 5. The number of furan rings is 2. The maximum atomic E-state index is 6.52. The Hall–Kier alpha value is -6.85. The Morgan fingerprint density at radius 3 is 2.21 bits per heavy atom. The Balaban J connectivity index is 1.14. The molecule has 0 aliphatic heterocycles. The molecule has 0 saturated heterocycles. The first-order chi connectivity index (χ1) is 26.2. The van der Waals surface area contributed by atoms with E-state index in [1.54, 1.807) is 0 Å². The highest BCUT2D eigenvalue weighted by molar-refractivity contribution is 6.13. The fourth-order valence-corrected chi connectivity index (χ4v) is 7.60. The van der Waals surface area contributed by atoms with Crippen molar-refractivity contribution < 1.29 is 8.83 Å². The first-order valence-corrected chi connectivity index (χ1v) is 18.0. The van der Waals surface area contributed by atoms with E-state index in [-0.39, 0.29) is 0 Å². The van der Waals surface area contributed by atoms with E-state index in [0.29, 0.717) is 23.9 Å². The second-order valence-electron chi connectivity index (χ2n) is 13.4. The second-order valence-corrected chi connectivity index (χ2v) is 13.4. The molecular formula is C48H33N3O2. The lowest BCUT2D eigenvalue weighted by Crippen LogP contribution is -2.05. The SMILES string of the molecule is C=Cc1ccc2ccccc2c1/C=C\Cc1nc(C2=CCCC=C2)nc(-c2cc(-c3ccc4c(c3)oc3ccccc34)cc3oc4ccccc4c23)n1. The van der Waals surface area contributed by atoms with Crippen molar-refractivity contribution in [3.05, 3.63) is 169 Å². The summed E-state index contributed by atoms with van der Waals surface area (Å²) in [6, 6.07) is 39.7. The number of aromatic nitrogens is 3. The van der Waals surface area contributed by atoms with Gasteiger partial charge in [0, 0.05) is 39.1 Å². The van der Waals surface area contributed by atoms with Crippen LogP contribution in [0.15, 0.2) is 155 Å². The third kappa shape index (κ3) is 5.45. The summed E-state index contributed by atoms with van der Waals surface area (Å²) in [6.45, 7) is 4.08. The van der Waals surface area contributed by atoms with E-state index in [4.69, 9.17) is 23.8 Å². The number of rotatable bonds is 7. The van der Waals surface area contributed by atoms with Gasteiger partial charge < -0.3 is 8.83 Å². The van der Waals surface area contributed by atoms with Crippen molar-refractivity contribution >= 4 is 72.4 Å². The molecule has 5 nitrogen and oxygen atoms in total. The summed E-state index contributed by atoms with van der Waals surface area (Å²) < 4.78 is 12.8. The molecular weight excluding hydrogens is 651 g/mol. The highest BCUT2D eigenvalue weighted by atomic mass is 16.3. The molecule has 0 amide bonds. The van der Waals surface area contributed by atoms with Crippen molar-refractivity contribution in [2.45, 2.75) is 19.3 Å². The standard InChI is InChI=1S/C48H33N3O2/c1-2-30-23-24-31-13-6-7-16-36(31)35(30)19-12-22-45-49-47(32-14-4-3-5-15-32)51-48(50-45)40-27-34(29-44-46(40)39-18-9-11-21-42(39)53-44)33-25-26-38-37-17-8-10-20-41(37)52-43(38)28-33/h2,4,6-21,23-29H,1,3,5,22H2/b19-12-. The molecule has 0 unspecified atom stereocenters. The van der Waals surface area contributed by atoms with Crippen LogP contribution in [-0.2, 0) is 6.42 Å². The third-order valence-electron chi connectivity index (χ3n) is 10.2. The van der Waals surface area contributed by atoms with Crippen LogP contribution in [-0.4, -0.2) is 15.0 Å². The van der Waals surface area contributed by atoms with Gasteiger partial charge in [0.1, 0.15) is 28.2 Å². The molecule has 53 heavy (non-hydrogen) atoms. The number of nitrogens with zero attached hydrogens (tertiary/aromatic N) is 3. The van der Waals surface area contributed by atoms with Crippen molar-refractivity contribution in [2.24, 2.45) is 0 Å². The fraction of sp³-hybridized carbons (Fsp3) is 0.0625. The summed E-state index contributed by atoms with van der Waals surface area (Å²) in [4.78, 5) is 15.4. The van der Waals surface area contributed by atoms with Crippen LogP contribution < -0.4 is 0 Å². The zero-order chi connectivity index (χ0) is 35.3. The number of para-hydroxylation sites is 2. The monoisotopic (exact) mass is 683 g/mol. The van der Waals surface area contributed by atoms with Gasteiger partial charge in [-0.1, -0.05) is 122 Å². The Morgan fingerprint density at radius 2 is 1.36 bits per heavy atom. The zero-order valence-corrected chi connectivity index (χ0v) is 28.9. The summed E-state index contributed by atoms with van der Waals surface area (Å²) in [5, 5.41) is 6.56. The van der Waals surface area contributed by atoms with Gasteiger partial charge in [0.25, 0.3) is 0 Å². The molecule has 0 spiro atoms. The highest BCUT2D eigenvalue weighted by Crippen LogP contribution is 2.40. The van der Waals surface area contributed by atoms with Crippen molar-refractivity contribution in [1.82, 2.24) is 15.0 Å². The topological polar surface area (TPSA) is 65.0 Å². The summed E-state index contributed by atoms with van der Waals surface area (Å²) in [7, 11) is 0. The van der Waals surface area contributed by atoms with Gasteiger partial charge in [-0.25, -0.2) is 15.0 Å². The van der Waals surface area contributed by atoms with Gasteiger partial charge in [-0.2, -0.15) is 0 Å². The van der Waals surface area contributed by atoms with Gasteiger partial charge in [-0.15, -0.1) is 0 Å². The molecule has 0 fully saturated rings. The predicted octanol–water partition coefficient (Wildman–Crippen LogP) is 12.8. The van der Waals surface area contributed by atoms with E-state index in [1.807, 2.05) is 42.5 Å². The molecule has 10 rings (SSSR count). The van der Waals surface area contributed by atoms with Gasteiger partial charge in [0.05, 0.1) is 0 Å². The quantitative estimate of drug-likeness (QED) is 0.167. The van der Waals surface area contributed by atoms with Gasteiger partial charge in [-0.3, -0.25) is 0 Å². The van der Waals surface area contributed by atoms with Crippen LogP contribution >= 0.6 is 0 Å². The van der Waals surface area contributed by atoms with Crippen molar-refractivity contribution in [2.75, 3.05) is 0 Å². The first-order valence-electron chi connectivity index (χ1n) is 18.0. The average Bonchev–Trinajstić information content (AvgIpc) is 3.79. The Kier molecular flexibility index (Phi) is 7.43. The zero-order valence-electron chi connectivity index (χ0n) is 28.9. The van der Waals surface area contributed by atoms with Crippen LogP contribution in [0.3, 0.4) is 0 Å². The Labute approximate surface area is 306 Å². The van der Waals surface area contributed by atoms with E-state index in [2.05, 4.69) is 116 Å². The number of hydrogen-bond acceptors (Lipinski definition) is 5. The molecule has 3 heterocycles. The maximum absolute atomic E-state index is 6.52. The lowest BCUT2D eigenvalue weighted by Gasteiger charge is -2.12.